The van der Waals surface area contributed by atoms with Crippen LogP contribution in [0.25, 0.3) is 0 Å². The number of rotatable bonds is 36. The molecule has 0 heterocycles. The molecule has 0 aliphatic heterocycles. The van der Waals surface area contributed by atoms with Gasteiger partial charge in [-0.05, 0) is 25.7 Å². The summed E-state index contributed by atoms with van der Waals surface area (Å²) in [7, 11) is 4.94. The first-order chi connectivity index (χ1) is 20.1. The van der Waals surface area contributed by atoms with Gasteiger partial charge in [0, 0.05) is 0 Å². The van der Waals surface area contributed by atoms with Crippen molar-refractivity contribution in [3.05, 3.63) is 0 Å². The fourth-order valence-electron chi connectivity index (χ4n) is 6.64. The van der Waals surface area contributed by atoms with Crippen LogP contribution in [0, 0.1) is 0 Å². The molecule has 248 valence electrons. The normalized spacial score (nSPS) is 12.0. The minimum Gasteiger partial charge on any atom is -0.328 e. The van der Waals surface area contributed by atoms with Crippen molar-refractivity contribution in [3.8, 4) is 0 Å². The maximum absolute atomic E-state index is 2.47. The Morgan fingerprint density at radius 1 is 0.220 bits per heavy atom. The number of hydrogen-bond acceptors (Lipinski definition) is 0. The summed E-state index contributed by atoms with van der Waals surface area (Å²) in [6.45, 7) is 7.39. The molecule has 0 bridgehead atoms. The van der Waals surface area contributed by atoms with Crippen LogP contribution in [0.3, 0.4) is 0 Å². The van der Waals surface area contributed by atoms with Crippen molar-refractivity contribution in [2.45, 2.75) is 232 Å². The van der Waals surface area contributed by atoms with Gasteiger partial charge in [0.1, 0.15) is 0 Å². The van der Waals surface area contributed by atoms with Gasteiger partial charge < -0.3 is 4.48 Å². The van der Waals surface area contributed by atoms with E-state index in [9.17, 15) is 0 Å². The molecule has 41 heavy (non-hydrogen) atoms. The Bertz CT molecular complexity index is 456. The summed E-state index contributed by atoms with van der Waals surface area (Å²) in [6.07, 6.45) is 49.9. The Kier molecular flexibility index (Phi) is 34.4. The fraction of sp³-hybridized carbons (Fsp3) is 1.00. The second-order valence-electron chi connectivity index (χ2n) is 14.7. The molecular weight excluding hydrogens is 494 g/mol. The molecule has 0 aromatic rings. The van der Waals surface area contributed by atoms with Crippen molar-refractivity contribution in [3.63, 3.8) is 0 Å². The Balaban J connectivity index is 3.25. The van der Waals surface area contributed by atoms with Gasteiger partial charge in [-0.1, -0.05) is 206 Å². The molecule has 0 aliphatic carbocycles. The van der Waals surface area contributed by atoms with Crippen molar-refractivity contribution >= 4 is 0 Å². The Morgan fingerprint density at radius 2 is 0.366 bits per heavy atom. The predicted molar refractivity (Wildman–Crippen MR) is 190 cm³/mol. The van der Waals surface area contributed by atoms with Crippen LogP contribution in [0.5, 0.6) is 0 Å². The lowest BCUT2D eigenvalue weighted by atomic mass is 10.0. The van der Waals surface area contributed by atoms with Crippen LogP contribution in [0.4, 0.5) is 0 Å². The third-order valence-electron chi connectivity index (χ3n) is 9.73. The molecule has 0 aliphatic rings. The van der Waals surface area contributed by atoms with Crippen LogP contribution < -0.4 is 0 Å². The summed E-state index contributed by atoms with van der Waals surface area (Å²) in [4.78, 5) is 0. The highest BCUT2D eigenvalue weighted by atomic mass is 15.3. The van der Waals surface area contributed by atoms with Gasteiger partial charge in [-0.3, -0.25) is 0 Å². The topological polar surface area (TPSA) is 0 Å². The van der Waals surface area contributed by atoms with Crippen molar-refractivity contribution in [1.82, 2.24) is 0 Å². The molecule has 0 unspecified atom stereocenters. The van der Waals surface area contributed by atoms with Crippen LogP contribution in [0.2, 0.25) is 0 Å². The van der Waals surface area contributed by atoms with E-state index in [1.807, 2.05) is 0 Å². The molecule has 1 nitrogen and oxygen atoms in total. The van der Waals surface area contributed by atoms with Gasteiger partial charge in [0.15, 0.2) is 0 Å². The molecule has 0 rings (SSSR count). The van der Waals surface area contributed by atoms with Crippen LogP contribution in [0.15, 0.2) is 0 Å². The highest BCUT2D eigenvalue weighted by Gasteiger charge is 2.13. The predicted octanol–water partition coefficient (Wildman–Crippen LogP) is 14.4. The van der Waals surface area contributed by atoms with Gasteiger partial charge in [0.2, 0.25) is 0 Å². The highest BCUT2D eigenvalue weighted by molar-refractivity contribution is 4.52. The van der Waals surface area contributed by atoms with Gasteiger partial charge in [-0.2, -0.15) is 0 Å². The summed E-state index contributed by atoms with van der Waals surface area (Å²) in [5.74, 6) is 0. The lowest BCUT2D eigenvalue weighted by Crippen LogP contribution is -2.41. The lowest BCUT2D eigenvalue weighted by Gasteiger charge is -2.30. The molecule has 0 atom stereocenters. The summed E-state index contributed by atoms with van der Waals surface area (Å²) < 4.78 is 1.25. The standard InChI is InChI=1S/C40H84N/c1-5-7-9-11-13-15-17-19-21-22-23-24-25-26-28-30-32-34-36-38-40-41(3,4)39-37-35-33-31-29-27-20-18-16-14-12-10-8-6-2/h5-40H2,1-4H3/q+1. The van der Waals surface area contributed by atoms with Crippen molar-refractivity contribution in [2.24, 2.45) is 0 Å². The van der Waals surface area contributed by atoms with E-state index in [0.717, 1.165) is 0 Å². The van der Waals surface area contributed by atoms with Crippen LogP contribution >= 0.6 is 0 Å². The Morgan fingerprint density at radius 3 is 0.537 bits per heavy atom. The van der Waals surface area contributed by atoms with Crippen LogP contribution in [0.1, 0.15) is 232 Å². The first kappa shape index (κ1) is 41.0. The highest BCUT2D eigenvalue weighted by Crippen LogP contribution is 2.16. The van der Waals surface area contributed by atoms with E-state index in [-0.39, 0.29) is 0 Å². The molecule has 0 saturated heterocycles. The summed E-state index contributed by atoms with van der Waals surface area (Å²) in [6, 6.07) is 0. The number of unbranched alkanes of at least 4 members (excludes halogenated alkanes) is 32. The maximum Gasteiger partial charge on any atom is 0.0782 e. The van der Waals surface area contributed by atoms with E-state index in [2.05, 4.69) is 27.9 Å². The van der Waals surface area contributed by atoms with E-state index in [4.69, 9.17) is 0 Å². The number of hydrogen-bond donors (Lipinski definition) is 0. The van der Waals surface area contributed by atoms with Gasteiger partial charge in [0.25, 0.3) is 0 Å². The zero-order chi connectivity index (χ0) is 30.0. The summed E-state index contributed by atoms with van der Waals surface area (Å²) >= 11 is 0. The minimum absolute atomic E-state index is 1.25. The van der Waals surface area contributed by atoms with E-state index < -0.39 is 0 Å². The summed E-state index contributed by atoms with van der Waals surface area (Å²) in [5.41, 5.74) is 0. The Hall–Kier alpha value is -0.0400. The first-order valence-corrected chi connectivity index (χ1v) is 19.9. The zero-order valence-electron chi connectivity index (χ0n) is 29.9. The van der Waals surface area contributed by atoms with E-state index in [0.29, 0.717) is 0 Å². The lowest BCUT2D eigenvalue weighted by molar-refractivity contribution is -0.890. The van der Waals surface area contributed by atoms with Crippen molar-refractivity contribution < 1.29 is 4.48 Å². The maximum atomic E-state index is 2.47. The summed E-state index contributed by atoms with van der Waals surface area (Å²) in [5, 5.41) is 0. The molecule has 1 heteroatoms. The Labute approximate surface area is 263 Å². The monoisotopic (exact) mass is 579 g/mol. The van der Waals surface area contributed by atoms with E-state index in [1.54, 1.807) is 0 Å². The SMILES string of the molecule is CCCCCCCCCCCCCCCCCCCCCC[N+](C)(C)CCCCCCCCCCCCCCCC. The molecule has 0 amide bonds. The zero-order valence-corrected chi connectivity index (χ0v) is 29.9. The second kappa shape index (κ2) is 34.5. The molecule has 0 fully saturated rings. The van der Waals surface area contributed by atoms with Gasteiger partial charge in [-0.15, -0.1) is 0 Å². The molecule has 0 N–H and O–H groups in total. The fourth-order valence-corrected chi connectivity index (χ4v) is 6.64. The van der Waals surface area contributed by atoms with Gasteiger partial charge >= 0.3 is 0 Å². The van der Waals surface area contributed by atoms with Gasteiger partial charge in [-0.25, -0.2) is 0 Å². The average molecular weight is 579 g/mol. The van der Waals surface area contributed by atoms with Crippen molar-refractivity contribution in [1.29, 1.82) is 0 Å². The number of quaternary nitrogens is 1. The third-order valence-corrected chi connectivity index (χ3v) is 9.73. The smallest absolute Gasteiger partial charge is 0.0782 e. The molecule has 0 aromatic heterocycles. The number of nitrogens with zero attached hydrogens (tertiary/aromatic N) is 1. The second-order valence-corrected chi connectivity index (χ2v) is 14.7. The van der Waals surface area contributed by atoms with Crippen LogP contribution in [-0.4, -0.2) is 31.7 Å². The van der Waals surface area contributed by atoms with Crippen molar-refractivity contribution in [2.75, 3.05) is 27.2 Å². The van der Waals surface area contributed by atoms with Crippen LogP contribution in [-0.2, 0) is 0 Å². The molecule has 0 radical (unpaired) electrons. The minimum atomic E-state index is 1.25. The molecular formula is C40H84N+. The van der Waals surface area contributed by atoms with E-state index >= 15 is 0 Å². The average Bonchev–Trinajstić information content (AvgIpc) is 2.96. The molecule has 0 saturated carbocycles. The van der Waals surface area contributed by atoms with E-state index in [1.165, 1.54) is 236 Å². The first-order valence-electron chi connectivity index (χ1n) is 19.9. The third kappa shape index (κ3) is 36.1. The molecule has 0 aromatic carbocycles. The largest absolute Gasteiger partial charge is 0.328 e. The quantitative estimate of drug-likeness (QED) is 0.0512. The van der Waals surface area contributed by atoms with Gasteiger partial charge in [0.05, 0.1) is 27.2 Å². The molecule has 0 spiro atoms.